The Morgan fingerprint density at radius 2 is 1.64 bits per heavy atom. The van der Waals surface area contributed by atoms with Crippen molar-refractivity contribution in [2.45, 2.75) is 12.8 Å². The van der Waals surface area contributed by atoms with Gasteiger partial charge < -0.3 is 19.5 Å². The van der Waals surface area contributed by atoms with Crippen LogP contribution < -0.4 is 19.5 Å². The molecular weight excluding hydrogens is 348 g/mol. The molecule has 0 unspecified atom stereocenters. The van der Waals surface area contributed by atoms with E-state index >= 15 is 0 Å². The Balaban J connectivity index is 2.03. The summed E-state index contributed by atoms with van der Waals surface area (Å²) < 4.78 is 41.4. The fourth-order valence-electron chi connectivity index (χ4n) is 2.70. The highest BCUT2D eigenvalue weighted by Crippen LogP contribution is 2.38. The fraction of sp³-hybridized carbons (Fsp3) is 0.562. The van der Waals surface area contributed by atoms with Gasteiger partial charge in [-0.2, -0.15) is 0 Å². The lowest BCUT2D eigenvalue weighted by Crippen LogP contribution is -2.36. The number of nitrogens with one attached hydrogen (secondary N) is 1. The van der Waals surface area contributed by atoms with Crippen molar-refractivity contribution < 1.29 is 27.4 Å². The third-order valence-corrected chi connectivity index (χ3v) is 5.90. The summed E-state index contributed by atoms with van der Waals surface area (Å²) in [5.41, 5.74) is 0.299. The number of benzene rings is 1. The van der Waals surface area contributed by atoms with Gasteiger partial charge in [-0.1, -0.05) is 0 Å². The molecule has 1 aromatic carbocycles. The lowest BCUT2D eigenvalue weighted by molar-refractivity contribution is 0.0955. The standard InChI is InChI=1S/C16H24N2O6S/c1-22-13-10-12(11-14(23-2)15(13)24-3)16(19)17-6-9-25(20,21)18-7-4-5-8-18/h10-11H,4-9H2,1-3H3,(H,17,19). The van der Waals surface area contributed by atoms with E-state index in [1.807, 2.05) is 0 Å². The Morgan fingerprint density at radius 3 is 2.12 bits per heavy atom. The second-order valence-electron chi connectivity index (χ2n) is 5.59. The van der Waals surface area contributed by atoms with Gasteiger partial charge in [0.05, 0.1) is 27.1 Å². The number of methoxy groups -OCH3 is 3. The topological polar surface area (TPSA) is 94.2 Å². The van der Waals surface area contributed by atoms with Crippen molar-refractivity contribution in [3.8, 4) is 17.2 Å². The van der Waals surface area contributed by atoms with Gasteiger partial charge in [-0.05, 0) is 25.0 Å². The third kappa shape index (κ3) is 4.55. The number of hydrogen-bond donors (Lipinski definition) is 1. The van der Waals surface area contributed by atoms with Crippen LogP contribution in [0.15, 0.2) is 12.1 Å². The van der Waals surface area contributed by atoms with Crippen LogP contribution in [0.3, 0.4) is 0 Å². The molecule has 1 saturated heterocycles. The third-order valence-electron chi connectivity index (χ3n) is 4.03. The van der Waals surface area contributed by atoms with E-state index in [2.05, 4.69) is 5.32 Å². The number of nitrogens with zero attached hydrogens (tertiary/aromatic N) is 1. The van der Waals surface area contributed by atoms with Crippen molar-refractivity contribution in [3.63, 3.8) is 0 Å². The van der Waals surface area contributed by atoms with Crippen molar-refractivity contribution >= 4 is 15.9 Å². The molecule has 1 N–H and O–H groups in total. The average molecular weight is 372 g/mol. The minimum Gasteiger partial charge on any atom is -0.493 e. The average Bonchev–Trinajstić information content (AvgIpc) is 3.15. The van der Waals surface area contributed by atoms with Gasteiger partial charge in [0.15, 0.2) is 11.5 Å². The molecule has 9 heteroatoms. The van der Waals surface area contributed by atoms with Gasteiger partial charge in [0.2, 0.25) is 15.8 Å². The van der Waals surface area contributed by atoms with Gasteiger partial charge in [-0.25, -0.2) is 12.7 Å². The summed E-state index contributed by atoms with van der Waals surface area (Å²) in [6.07, 6.45) is 1.77. The van der Waals surface area contributed by atoms with Gasteiger partial charge in [0.1, 0.15) is 0 Å². The summed E-state index contributed by atoms with van der Waals surface area (Å²) in [5, 5.41) is 2.62. The Morgan fingerprint density at radius 1 is 1.08 bits per heavy atom. The molecule has 0 atom stereocenters. The van der Waals surface area contributed by atoms with E-state index in [4.69, 9.17) is 14.2 Å². The van der Waals surface area contributed by atoms with Crippen molar-refractivity contribution in [1.29, 1.82) is 0 Å². The highest BCUT2D eigenvalue weighted by Gasteiger charge is 2.25. The van der Waals surface area contributed by atoms with Crippen molar-refractivity contribution in [3.05, 3.63) is 17.7 Å². The van der Waals surface area contributed by atoms with Crippen molar-refractivity contribution in [2.24, 2.45) is 0 Å². The minimum atomic E-state index is -3.32. The zero-order valence-electron chi connectivity index (χ0n) is 14.7. The maximum Gasteiger partial charge on any atom is 0.251 e. The van der Waals surface area contributed by atoms with Crippen LogP contribution in [0.5, 0.6) is 17.2 Å². The first-order chi connectivity index (χ1) is 11.9. The summed E-state index contributed by atoms with van der Waals surface area (Å²) in [5.74, 6) is 0.575. The molecule has 0 bridgehead atoms. The van der Waals surface area contributed by atoms with Gasteiger partial charge in [-0.3, -0.25) is 4.79 Å². The summed E-state index contributed by atoms with van der Waals surface area (Å²) in [4.78, 5) is 12.3. The SMILES string of the molecule is COc1cc(C(=O)NCCS(=O)(=O)N2CCCC2)cc(OC)c1OC. The maximum atomic E-state index is 12.3. The maximum absolute atomic E-state index is 12.3. The second kappa shape index (κ2) is 8.39. The molecule has 1 amide bonds. The van der Waals surface area contributed by atoms with E-state index in [0.717, 1.165) is 12.8 Å². The molecular formula is C16H24N2O6S. The molecule has 1 aliphatic rings. The van der Waals surface area contributed by atoms with E-state index in [-0.39, 0.29) is 12.3 Å². The molecule has 1 fully saturated rings. The van der Waals surface area contributed by atoms with E-state index < -0.39 is 15.9 Å². The number of carbonyl (C=O) groups excluding carboxylic acids is 1. The Bertz CT molecular complexity index is 688. The molecule has 0 saturated carbocycles. The number of carbonyl (C=O) groups is 1. The van der Waals surface area contributed by atoms with E-state index in [1.54, 1.807) is 0 Å². The number of rotatable bonds is 8. The predicted octanol–water partition coefficient (Wildman–Crippen LogP) is 0.868. The van der Waals surface area contributed by atoms with Gasteiger partial charge in [0.25, 0.3) is 5.91 Å². The Labute approximate surface area is 148 Å². The fourth-order valence-corrected chi connectivity index (χ4v) is 4.14. The molecule has 140 valence electrons. The number of ether oxygens (including phenoxy) is 3. The smallest absolute Gasteiger partial charge is 0.251 e. The van der Waals surface area contributed by atoms with E-state index in [0.29, 0.717) is 35.9 Å². The monoisotopic (exact) mass is 372 g/mol. The van der Waals surface area contributed by atoms with Crippen LogP contribution in [0.2, 0.25) is 0 Å². The van der Waals surface area contributed by atoms with Crippen LogP contribution in [-0.4, -0.2) is 65.3 Å². The Hall–Kier alpha value is -2.00. The van der Waals surface area contributed by atoms with Crippen LogP contribution in [0.1, 0.15) is 23.2 Å². The summed E-state index contributed by atoms with van der Waals surface area (Å²) in [7, 11) is 1.07. The lowest BCUT2D eigenvalue weighted by atomic mass is 10.1. The molecule has 0 radical (unpaired) electrons. The second-order valence-corrected chi connectivity index (χ2v) is 7.68. The van der Waals surface area contributed by atoms with Crippen molar-refractivity contribution in [2.75, 3.05) is 46.7 Å². The molecule has 1 heterocycles. The zero-order chi connectivity index (χ0) is 18.4. The highest BCUT2D eigenvalue weighted by molar-refractivity contribution is 7.89. The molecule has 0 spiro atoms. The quantitative estimate of drug-likeness (QED) is 0.728. The van der Waals surface area contributed by atoms with E-state index in [1.165, 1.54) is 37.8 Å². The largest absolute Gasteiger partial charge is 0.493 e. The molecule has 0 aromatic heterocycles. The number of sulfonamides is 1. The van der Waals surface area contributed by atoms with Crippen LogP contribution in [0.25, 0.3) is 0 Å². The van der Waals surface area contributed by atoms with E-state index in [9.17, 15) is 13.2 Å². The molecule has 25 heavy (non-hydrogen) atoms. The molecule has 8 nitrogen and oxygen atoms in total. The summed E-state index contributed by atoms with van der Waals surface area (Å²) in [6, 6.07) is 3.04. The molecule has 1 aromatic rings. The van der Waals surface area contributed by atoms with Crippen molar-refractivity contribution in [1.82, 2.24) is 9.62 Å². The van der Waals surface area contributed by atoms with Crippen LogP contribution in [0, 0.1) is 0 Å². The highest BCUT2D eigenvalue weighted by atomic mass is 32.2. The van der Waals surface area contributed by atoms with Crippen LogP contribution >= 0.6 is 0 Å². The zero-order valence-corrected chi connectivity index (χ0v) is 15.5. The normalized spacial score (nSPS) is 15.0. The van der Waals surface area contributed by atoms with Gasteiger partial charge in [-0.15, -0.1) is 0 Å². The minimum absolute atomic E-state index is 0.0360. The first-order valence-electron chi connectivity index (χ1n) is 7.99. The Kier molecular flexibility index (Phi) is 6.49. The predicted molar refractivity (Wildman–Crippen MR) is 93.0 cm³/mol. The first kappa shape index (κ1) is 19.3. The van der Waals surface area contributed by atoms with Crippen LogP contribution in [-0.2, 0) is 10.0 Å². The molecule has 1 aliphatic heterocycles. The van der Waals surface area contributed by atoms with Gasteiger partial charge in [0, 0.05) is 25.2 Å². The van der Waals surface area contributed by atoms with Crippen LogP contribution in [0.4, 0.5) is 0 Å². The summed E-state index contributed by atoms with van der Waals surface area (Å²) in [6.45, 7) is 1.15. The molecule has 2 rings (SSSR count). The summed E-state index contributed by atoms with van der Waals surface area (Å²) >= 11 is 0. The van der Waals surface area contributed by atoms with Gasteiger partial charge >= 0.3 is 0 Å². The number of hydrogen-bond acceptors (Lipinski definition) is 6. The number of amides is 1. The molecule has 0 aliphatic carbocycles. The lowest BCUT2D eigenvalue weighted by Gasteiger charge is -2.16. The first-order valence-corrected chi connectivity index (χ1v) is 9.60.